The Kier molecular flexibility index (Phi) is 4.62. The minimum Gasteiger partial charge on any atom is -0.395 e. The summed E-state index contributed by atoms with van der Waals surface area (Å²) in [6.45, 7) is 0.158. The van der Waals surface area contributed by atoms with E-state index in [4.69, 9.17) is 0 Å². The van der Waals surface area contributed by atoms with E-state index in [1.807, 2.05) is 35.3 Å². The maximum atomic E-state index is 12.9. The van der Waals surface area contributed by atoms with E-state index in [0.717, 1.165) is 5.56 Å². The highest BCUT2D eigenvalue weighted by Crippen LogP contribution is 2.35. The minimum atomic E-state index is -4.66. The van der Waals surface area contributed by atoms with Gasteiger partial charge < -0.3 is 15.0 Å². The lowest BCUT2D eigenvalue weighted by Crippen LogP contribution is -2.38. The summed E-state index contributed by atoms with van der Waals surface area (Å²) in [5.74, 6) is -0.774. The van der Waals surface area contributed by atoms with Gasteiger partial charge in [-0.3, -0.25) is 9.59 Å². The number of carbonyl (C=O) groups excluding carboxylic acids is 1. The van der Waals surface area contributed by atoms with Gasteiger partial charge in [0.1, 0.15) is 5.56 Å². The molecule has 1 saturated heterocycles. The third-order valence-corrected chi connectivity index (χ3v) is 4.79. The van der Waals surface area contributed by atoms with Gasteiger partial charge in [0.15, 0.2) is 0 Å². The van der Waals surface area contributed by atoms with Crippen LogP contribution in [0.4, 0.5) is 13.2 Å². The van der Waals surface area contributed by atoms with Gasteiger partial charge >= 0.3 is 6.18 Å². The number of nitrogens with one attached hydrogen (secondary N) is 1. The second-order valence-electron chi connectivity index (χ2n) is 6.41. The minimum absolute atomic E-state index is 0.127. The number of benzene rings is 1. The second-order valence-corrected chi connectivity index (χ2v) is 6.41. The smallest absolute Gasteiger partial charge is 0.395 e. The predicted molar refractivity (Wildman–Crippen MR) is 87.8 cm³/mol. The fourth-order valence-corrected chi connectivity index (χ4v) is 3.27. The number of aromatic nitrogens is 1. The Morgan fingerprint density at radius 2 is 1.96 bits per heavy atom. The van der Waals surface area contributed by atoms with Crippen LogP contribution in [0.3, 0.4) is 0 Å². The van der Waals surface area contributed by atoms with Gasteiger partial charge in [0.2, 0.25) is 0 Å². The van der Waals surface area contributed by atoms with E-state index in [2.05, 4.69) is 0 Å². The lowest BCUT2D eigenvalue weighted by atomic mass is 9.80. The lowest BCUT2D eigenvalue weighted by molar-refractivity contribution is -0.137. The van der Waals surface area contributed by atoms with Crippen LogP contribution in [-0.2, 0) is 11.6 Å². The normalized spacial score (nSPS) is 20.4. The van der Waals surface area contributed by atoms with Gasteiger partial charge in [-0.1, -0.05) is 30.3 Å². The van der Waals surface area contributed by atoms with E-state index >= 15 is 0 Å². The van der Waals surface area contributed by atoms with Crippen LogP contribution in [0.2, 0.25) is 0 Å². The number of carbonyl (C=O) groups is 1. The quantitative estimate of drug-likeness (QED) is 0.875. The zero-order valence-corrected chi connectivity index (χ0v) is 13.7. The Labute approximate surface area is 147 Å². The molecule has 0 spiro atoms. The van der Waals surface area contributed by atoms with Crippen LogP contribution in [0.1, 0.15) is 27.9 Å². The largest absolute Gasteiger partial charge is 0.417 e. The lowest BCUT2D eigenvalue weighted by Gasteiger charge is -2.27. The van der Waals surface area contributed by atoms with Crippen molar-refractivity contribution in [1.82, 2.24) is 9.88 Å². The third kappa shape index (κ3) is 3.24. The topological polar surface area (TPSA) is 73.4 Å². The van der Waals surface area contributed by atoms with Crippen molar-refractivity contribution in [2.45, 2.75) is 18.0 Å². The first kappa shape index (κ1) is 18.2. The number of aliphatic hydroxyl groups is 1. The number of aliphatic hydroxyl groups excluding tert-OH is 1. The molecule has 1 unspecified atom stereocenters. The van der Waals surface area contributed by atoms with Crippen LogP contribution < -0.4 is 5.56 Å². The SMILES string of the molecule is O=C(c1cc(C(F)(F)F)c[nH]c1=O)N1CCC(CO)(c2ccccc2)C1. The van der Waals surface area contributed by atoms with E-state index in [9.17, 15) is 27.9 Å². The van der Waals surface area contributed by atoms with Crippen molar-refractivity contribution in [2.24, 2.45) is 0 Å². The fourth-order valence-electron chi connectivity index (χ4n) is 3.27. The molecule has 3 rings (SSSR count). The molecule has 5 nitrogen and oxygen atoms in total. The fraction of sp³-hybridized carbons (Fsp3) is 0.333. The summed E-state index contributed by atoms with van der Waals surface area (Å²) in [6.07, 6.45) is -3.66. The van der Waals surface area contributed by atoms with E-state index in [-0.39, 0.29) is 19.7 Å². The van der Waals surface area contributed by atoms with Gasteiger partial charge in [-0.15, -0.1) is 0 Å². The molecule has 0 radical (unpaired) electrons. The Balaban J connectivity index is 1.90. The molecule has 1 amide bonds. The van der Waals surface area contributed by atoms with Crippen LogP contribution in [0, 0.1) is 0 Å². The summed E-state index contributed by atoms with van der Waals surface area (Å²) >= 11 is 0. The molecular formula is C18H17F3N2O3. The van der Waals surface area contributed by atoms with Gasteiger partial charge in [-0.2, -0.15) is 13.2 Å². The Bertz CT molecular complexity index is 864. The first-order chi connectivity index (χ1) is 12.3. The number of alkyl halides is 3. The molecule has 1 aliphatic rings. The number of H-pyrrole nitrogens is 1. The summed E-state index contributed by atoms with van der Waals surface area (Å²) in [5.41, 5.74) is -2.36. The summed E-state index contributed by atoms with van der Waals surface area (Å²) in [4.78, 5) is 27.8. The molecule has 0 aliphatic carbocycles. The van der Waals surface area contributed by atoms with Crippen molar-refractivity contribution >= 4 is 5.91 Å². The first-order valence-corrected chi connectivity index (χ1v) is 8.02. The zero-order chi connectivity index (χ0) is 18.9. The van der Waals surface area contributed by atoms with Gasteiger partial charge in [0.05, 0.1) is 12.2 Å². The molecule has 26 heavy (non-hydrogen) atoms. The number of rotatable bonds is 3. The maximum absolute atomic E-state index is 12.9. The zero-order valence-electron chi connectivity index (χ0n) is 13.7. The molecule has 8 heteroatoms. The molecule has 1 aliphatic heterocycles. The van der Waals surface area contributed by atoms with Crippen LogP contribution in [0.15, 0.2) is 47.4 Å². The molecule has 2 aromatic rings. The number of halogens is 3. The number of aromatic amines is 1. The molecule has 138 valence electrons. The molecule has 0 bridgehead atoms. The Morgan fingerprint density at radius 1 is 1.27 bits per heavy atom. The third-order valence-electron chi connectivity index (χ3n) is 4.79. The highest BCUT2D eigenvalue weighted by atomic mass is 19.4. The summed E-state index contributed by atoms with van der Waals surface area (Å²) in [7, 11) is 0. The van der Waals surface area contributed by atoms with Crippen molar-refractivity contribution < 1.29 is 23.1 Å². The highest BCUT2D eigenvalue weighted by Gasteiger charge is 2.42. The molecule has 2 heterocycles. The van der Waals surface area contributed by atoms with E-state index in [1.165, 1.54) is 4.90 Å². The van der Waals surface area contributed by atoms with Gasteiger partial charge in [0, 0.05) is 24.7 Å². The number of nitrogens with zero attached hydrogens (tertiary/aromatic N) is 1. The molecular weight excluding hydrogens is 349 g/mol. The molecule has 1 aromatic carbocycles. The Morgan fingerprint density at radius 3 is 2.58 bits per heavy atom. The second kappa shape index (κ2) is 6.60. The summed E-state index contributed by atoms with van der Waals surface area (Å²) < 4.78 is 38.6. The van der Waals surface area contributed by atoms with Crippen molar-refractivity contribution in [3.05, 3.63) is 69.6 Å². The number of amides is 1. The van der Waals surface area contributed by atoms with Crippen molar-refractivity contribution in [2.75, 3.05) is 19.7 Å². The molecule has 1 fully saturated rings. The molecule has 0 saturated carbocycles. The number of likely N-dealkylation sites (tertiary alicyclic amines) is 1. The number of hydrogen-bond donors (Lipinski definition) is 2. The van der Waals surface area contributed by atoms with Gasteiger partial charge in [0.25, 0.3) is 11.5 Å². The van der Waals surface area contributed by atoms with Crippen molar-refractivity contribution in [3.63, 3.8) is 0 Å². The summed E-state index contributed by atoms with van der Waals surface area (Å²) in [5, 5.41) is 9.89. The van der Waals surface area contributed by atoms with Crippen LogP contribution in [0.25, 0.3) is 0 Å². The monoisotopic (exact) mass is 366 g/mol. The van der Waals surface area contributed by atoms with E-state index in [0.29, 0.717) is 18.7 Å². The first-order valence-electron chi connectivity index (χ1n) is 8.02. The summed E-state index contributed by atoms with van der Waals surface area (Å²) in [6, 6.07) is 9.70. The standard InChI is InChI=1S/C18H17F3N2O3/c19-18(20,21)13-8-14(15(25)22-9-13)16(26)23-7-6-17(10-23,11-24)12-4-2-1-3-5-12/h1-5,8-9,24H,6-7,10-11H2,(H,22,25). The molecule has 2 N–H and O–H groups in total. The molecule has 1 aromatic heterocycles. The van der Waals surface area contributed by atoms with E-state index in [1.54, 1.807) is 0 Å². The number of pyridine rings is 1. The Hall–Kier alpha value is -2.61. The van der Waals surface area contributed by atoms with E-state index < -0.39 is 34.2 Å². The van der Waals surface area contributed by atoms with Crippen molar-refractivity contribution in [1.29, 1.82) is 0 Å². The van der Waals surface area contributed by atoms with Crippen LogP contribution >= 0.6 is 0 Å². The average molecular weight is 366 g/mol. The maximum Gasteiger partial charge on any atom is 0.417 e. The number of hydrogen-bond acceptors (Lipinski definition) is 3. The average Bonchev–Trinajstić information content (AvgIpc) is 3.07. The highest BCUT2D eigenvalue weighted by molar-refractivity contribution is 5.94. The van der Waals surface area contributed by atoms with Crippen LogP contribution in [-0.4, -0.2) is 40.6 Å². The van der Waals surface area contributed by atoms with Crippen LogP contribution in [0.5, 0.6) is 0 Å². The van der Waals surface area contributed by atoms with Gasteiger partial charge in [-0.25, -0.2) is 0 Å². The van der Waals surface area contributed by atoms with Crippen molar-refractivity contribution in [3.8, 4) is 0 Å². The predicted octanol–water partition coefficient (Wildman–Crippen LogP) is 2.17. The molecule has 1 atom stereocenters. The van der Waals surface area contributed by atoms with Gasteiger partial charge in [-0.05, 0) is 18.1 Å².